The Kier molecular flexibility index (Phi) is 1.65. The summed E-state index contributed by atoms with van der Waals surface area (Å²) in [7, 11) is 0. The topological polar surface area (TPSA) is 39.4 Å². The number of fused-ring (bicyclic) bond motifs is 1. The van der Waals surface area contributed by atoms with Crippen molar-refractivity contribution in [2.24, 2.45) is 5.92 Å². The number of nitrogens with zero attached hydrogens (tertiary/aromatic N) is 3. The predicted molar refractivity (Wildman–Crippen MR) is 51.2 cm³/mol. The minimum absolute atomic E-state index is 0.489. The lowest BCUT2D eigenvalue weighted by atomic mass is 10.5. The van der Waals surface area contributed by atoms with Crippen LogP contribution in [0.15, 0.2) is 24.4 Å². The van der Waals surface area contributed by atoms with Gasteiger partial charge in [0.2, 0.25) is 0 Å². The van der Waals surface area contributed by atoms with E-state index in [-0.39, 0.29) is 0 Å². The summed E-state index contributed by atoms with van der Waals surface area (Å²) in [5.74, 6) is 0.738. The summed E-state index contributed by atoms with van der Waals surface area (Å²) in [5, 5.41) is 4.20. The standard InChI is InChI=1S/C10H11N3O/c1-2-6-13-9(3-1)11-10(12-13)14-7-8-4-5-8/h1-3,6,8H,4-5,7H2. The molecule has 0 aromatic carbocycles. The van der Waals surface area contributed by atoms with Gasteiger partial charge in [0.1, 0.15) is 0 Å². The summed E-state index contributed by atoms with van der Waals surface area (Å²) >= 11 is 0. The second-order valence-electron chi connectivity index (χ2n) is 3.65. The summed E-state index contributed by atoms with van der Waals surface area (Å²) in [4.78, 5) is 4.24. The number of rotatable bonds is 3. The Bertz CT molecular complexity index is 414. The highest BCUT2D eigenvalue weighted by Crippen LogP contribution is 2.28. The Hall–Kier alpha value is -1.58. The van der Waals surface area contributed by atoms with Crippen LogP contribution < -0.4 is 4.74 Å². The van der Waals surface area contributed by atoms with Crippen LogP contribution in [0, 0.1) is 5.92 Å². The lowest BCUT2D eigenvalue weighted by Crippen LogP contribution is -2.00. The van der Waals surface area contributed by atoms with Crippen LogP contribution in [0.4, 0.5) is 0 Å². The van der Waals surface area contributed by atoms with E-state index >= 15 is 0 Å². The van der Waals surface area contributed by atoms with Crippen LogP contribution in [0.5, 0.6) is 6.01 Å². The van der Waals surface area contributed by atoms with Crippen LogP contribution in [0.2, 0.25) is 0 Å². The molecule has 4 heteroatoms. The average molecular weight is 189 g/mol. The third-order valence-electron chi connectivity index (χ3n) is 2.37. The monoisotopic (exact) mass is 189 g/mol. The van der Waals surface area contributed by atoms with E-state index in [0.29, 0.717) is 6.01 Å². The van der Waals surface area contributed by atoms with Gasteiger partial charge in [-0.25, -0.2) is 4.52 Å². The highest BCUT2D eigenvalue weighted by atomic mass is 16.5. The summed E-state index contributed by atoms with van der Waals surface area (Å²) in [6.07, 6.45) is 4.44. The minimum atomic E-state index is 0.489. The molecule has 2 aromatic heterocycles. The number of hydrogen-bond donors (Lipinski definition) is 0. The maximum absolute atomic E-state index is 5.47. The van der Waals surface area contributed by atoms with Gasteiger partial charge in [0, 0.05) is 6.20 Å². The van der Waals surface area contributed by atoms with E-state index in [9.17, 15) is 0 Å². The molecule has 0 bridgehead atoms. The zero-order chi connectivity index (χ0) is 9.38. The van der Waals surface area contributed by atoms with Crippen molar-refractivity contribution in [3.05, 3.63) is 24.4 Å². The predicted octanol–water partition coefficient (Wildman–Crippen LogP) is 1.52. The Morgan fingerprint density at radius 3 is 3.14 bits per heavy atom. The van der Waals surface area contributed by atoms with Crippen LogP contribution in [0.1, 0.15) is 12.8 Å². The van der Waals surface area contributed by atoms with Gasteiger partial charge < -0.3 is 4.74 Å². The fourth-order valence-electron chi connectivity index (χ4n) is 1.35. The molecule has 1 aliphatic carbocycles. The second-order valence-corrected chi connectivity index (χ2v) is 3.65. The van der Waals surface area contributed by atoms with Crippen molar-refractivity contribution >= 4 is 5.65 Å². The zero-order valence-corrected chi connectivity index (χ0v) is 7.76. The SMILES string of the molecule is c1ccn2nc(OCC3CC3)nc2c1. The van der Waals surface area contributed by atoms with Gasteiger partial charge in [-0.2, -0.15) is 4.98 Å². The molecule has 1 saturated carbocycles. The van der Waals surface area contributed by atoms with Crippen molar-refractivity contribution in [1.29, 1.82) is 0 Å². The van der Waals surface area contributed by atoms with Crippen LogP contribution in [0.3, 0.4) is 0 Å². The van der Waals surface area contributed by atoms with Gasteiger partial charge in [-0.15, -0.1) is 5.10 Å². The molecule has 0 aliphatic heterocycles. The smallest absolute Gasteiger partial charge is 0.336 e. The molecule has 4 nitrogen and oxygen atoms in total. The van der Waals surface area contributed by atoms with Crippen LogP contribution >= 0.6 is 0 Å². The zero-order valence-electron chi connectivity index (χ0n) is 7.76. The van der Waals surface area contributed by atoms with Crippen molar-refractivity contribution in [3.8, 4) is 6.01 Å². The van der Waals surface area contributed by atoms with Gasteiger partial charge in [0.05, 0.1) is 6.61 Å². The molecular formula is C10H11N3O. The molecule has 1 fully saturated rings. The maximum Gasteiger partial charge on any atom is 0.336 e. The number of aromatic nitrogens is 3. The molecule has 0 amide bonds. The Morgan fingerprint density at radius 1 is 1.43 bits per heavy atom. The average Bonchev–Trinajstić information content (AvgIpc) is 2.94. The molecule has 0 unspecified atom stereocenters. The Labute approximate surface area is 81.5 Å². The third-order valence-corrected chi connectivity index (χ3v) is 2.37. The van der Waals surface area contributed by atoms with Crippen molar-refractivity contribution in [2.75, 3.05) is 6.61 Å². The first kappa shape index (κ1) is 7.79. The minimum Gasteiger partial charge on any atom is -0.462 e. The Balaban J connectivity index is 1.82. The molecule has 0 radical (unpaired) electrons. The summed E-state index contributed by atoms with van der Waals surface area (Å²) < 4.78 is 7.20. The first-order valence-corrected chi connectivity index (χ1v) is 4.86. The lowest BCUT2D eigenvalue weighted by molar-refractivity contribution is 0.277. The van der Waals surface area contributed by atoms with Gasteiger partial charge >= 0.3 is 6.01 Å². The van der Waals surface area contributed by atoms with Crippen molar-refractivity contribution < 1.29 is 4.74 Å². The van der Waals surface area contributed by atoms with Crippen molar-refractivity contribution in [1.82, 2.24) is 14.6 Å². The molecule has 2 heterocycles. The molecule has 1 aliphatic rings. The Morgan fingerprint density at radius 2 is 2.36 bits per heavy atom. The van der Waals surface area contributed by atoms with E-state index in [4.69, 9.17) is 4.74 Å². The normalized spacial score (nSPS) is 16.0. The molecule has 14 heavy (non-hydrogen) atoms. The number of ether oxygens (including phenoxy) is 1. The second kappa shape index (κ2) is 2.97. The largest absolute Gasteiger partial charge is 0.462 e. The van der Waals surface area contributed by atoms with E-state index in [1.54, 1.807) is 4.52 Å². The van der Waals surface area contributed by atoms with Crippen molar-refractivity contribution in [2.45, 2.75) is 12.8 Å². The van der Waals surface area contributed by atoms with E-state index in [1.165, 1.54) is 12.8 Å². The van der Waals surface area contributed by atoms with Crippen LogP contribution in [0.25, 0.3) is 5.65 Å². The quantitative estimate of drug-likeness (QED) is 0.734. The molecule has 0 atom stereocenters. The highest BCUT2D eigenvalue weighted by Gasteiger charge is 2.22. The molecular weight excluding hydrogens is 178 g/mol. The van der Waals surface area contributed by atoms with E-state index in [1.807, 2.05) is 24.4 Å². The molecule has 72 valence electrons. The molecule has 2 aromatic rings. The highest BCUT2D eigenvalue weighted by molar-refractivity contribution is 5.37. The maximum atomic E-state index is 5.47. The fourth-order valence-corrected chi connectivity index (χ4v) is 1.35. The van der Waals surface area contributed by atoms with Crippen LogP contribution in [-0.2, 0) is 0 Å². The van der Waals surface area contributed by atoms with Gasteiger partial charge in [0.15, 0.2) is 5.65 Å². The van der Waals surface area contributed by atoms with Crippen molar-refractivity contribution in [3.63, 3.8) is 0 Å². The van der Waals surface area contributed by atoms with E-state index in [2.05, 4.69) is 10.1 Å². The van der Waals surface area contributed by atoms with Gasteiger partial charge in [-0.3, -0.25) is 0 Å². The third kappa shape index (κ3) is 1.43. The summed E-state index contributed by atoms with van der Waals surface area (Å²) in [6, 6.07) is 6.26. The molecule has 3 rings (SSSR count). The first-order valence-electron chi connectivity index (χ1n) is 4.86. The van der Waals surface area contributed by atoms with E-state index in [0.717, 1.165) is 18.2 Å². The fraction of sp³-hybridized carbons (Fsp3) is 0.400. The summed E-state index contributed by atoms with van der Waals surface area (Å²) in [5.41, 5.74) is 0.832. The number of hydrogen-bond acceptors (Lipinski definition) is 3. The molecule has 0 saturated heterocycles. The first-order chi connectivity index (χ1) is 6.92. The summed E-state index contributed by atoms with van der Waals surface area (Å²) in [6.45, 7) is 0.761. The van der Waals surface area contributed by atoms with Gasteiger partial charge in [0.25, 0.3) is 0 Å². The van der Waals surface area contributed by atoms with Crippen LogP contribution in [-0.4, -0.2) is 21.2 Å². The van der Waals surface area contributed by atoms with Gasteiger partial charge in [-0.1, -0.05) is 6.07 Å². The molecule has 0 N–H and O–H groups in total. The van der Waals surface area contributed by atoms with E-state index < -0.39 is 0 Å². The number of pyridine rings is 1. The van der Waals surface area contributed by atoms with Gasteiger partial charge in [-0.05, 0) is 30.9 Å². The molecule has 0 spiro atoms. The lowest BCUT2D eigenvalue weighted by Gasteiger charge is -1.96.